The summed E-state index contributed by atoms with van der Waals surface area (Å²) in [5.74, 6) is 0.0304. The SMILES string of the molecule is Cn1ccc(NC(=O)c2ccccc2NC(=O)OCCOCCN)n1. The number of aryl methyl sites for hydroxylation is 1. The highest BCUT2D eigenvalue weighted by molar-refractivity contribution is 6.09. The number of carbonyl (C=O) groups excluding carboxylic acids is 2. The van der Waals surface area contributed by atoms with E-state index in [9.17, 15) is 9.59 Å². The standard InChI is InChI=1S/C16H21N5O4/c1-21-8-6-14(20-21)19-15(22)12-4-2-3-5-13(12)18-16(23)25-11-10-24-9-7-17/h2-6,8H,7,9-11,17H2,1H3,(H,18,23)(H,19,20,22). The van der Waals surface area contributed by atoms with Crippen molar-refractivity contribution in [2.75, 3.05) is 37.0 Å². The normalized spacial score (nSPS) is 10.3. The lowest BCUT2D eigenvalue weighted by molar-refractivity contribution is 0.0821. The lowest BCUT2D eigenvalue weighted by atomic mass is 10.1. The van der Waals surface area contributed by atoms with Crippen molar-refractivity contribution in [2.45, 2.75) is 0 Å². The van der Waals surface area contributed by atoms with Gasteiger partial charge in [0.1, 0.15) is 6.61 Å². The fourth-order valence-corrected chi connectivity index (χ4v) is 1.98. The number of aromatic nitrogens is 2. The average molecular weight is 347 g/mol. The maximum absolute atomic E-state index is 12.4. The number of rotatable bonds is 8. The zero-order valence-electron chi connectivity index (χ0n) is 13.9. The summed E-state index contributed by atoms with van der Waals surface area (Å²) < 4.78 is 11.7. The van der Waals surface area contributed by atoms with E-state index < -0.39 is 6.09 Å². The van der Waals surface area contributed by atoms with Crippen molar-refractivity contribution >= 4 is 23.5 Å². The van der Waals surface area contributed by atoms with Crippen molar-refractivity contribution in [1.82, 2.24) is 9.78 Å². The Hall–Kier alpha value is -2.91. The van der Waals surface area contributed by atoms with Crippen LogP contribution in [0.25, 0.3) is 0 Å². The van der Waals surface area contributed by atoms with Crippen LogP contribution in [0.3, 0.4) is 0 Å². The van der Waals surface area contributed by atoms with E-state index in [-0.39, 0.29) is 19.1 Å². The van der Waals surface area contributed by atoms with Crippen LogP contribution in [0.5, 0.6) is 0 Å². The Morgan fingerprint density at radius 2 is 1.96 bits per heavy atom. The Kier molecular flexibility index (Phi) is 6.93. The van der Waals surface area contributed by atoms with Crippen LogP contribution in [-0.2, 0) is 16.5 Å². The smallest absolute Gasteiger partial charge is 0.411 e. The van der Waals surface area contributed by atoms with E-state index in [0.717, 1.165) is 0 Å². The van der Waals surface area contributed by atoms with Gasteiger partial charge in [0.2, 0.25) is 0 Å². The van der Waals surface area contributed by atoms with Gasteiger partial charge < -0.3 is 20.5 Å². The monoisotopic (exact) mass is 347 g/mol. The molecule has 9 heteroatoms. The molecule has 0 bridgehead atoms. The molecule has 0 saturated carbocycles. The van der Waals surface area contributed by atoms with Gasteiger partial charge in [0.05, 0.1) is 24.5 Å². The van der Waals surface area contributed by atoms with Crippen LogP contribution in [0.15, 0.2) is 36.5 Å². The predicted octanol–water partition coefficient (Wildman–Crippen LogP) is 1.20. The second-order valence-electron chi connectivity index (χ2n) is 5.04. The van der Waals surface area contributed by atoms with Crippen molar-refractivity contribution in [3.05, 3.63) is 42.1 Å². The quantitative estimate of drug-likeness (QED) is 0.617. The van der Waals surface area contributed by atoms with Crippen LogP contribution in [0, 0.1) is 0 Å². The van der Waals surface area contributed by atoms with Crippen LogP contribution < -0.4 is 16.4 Å². The van der Waals surface area contributed by atoms with Gasteiger partial charge in [-0.2, -0.15) is 5.10 Å². The molecule has 4 N–H and O–H groups in total. The number of nitrogens with two attached hydrogens (primary N) is 1. The molecule has 0 atom stereocenters. The van der Waals surface area contributed by atoms with Crippen molar-refractivity contribution in [2.24, 2.45) is 12.8 Å². The van der Waals surface area contributed by atoms with Gasteiger partial charge in [-0.15, -0.1) is 0 Å². The van der Waals surface area contributed by atoms with Crippen LogP contribution in [0.2, 0.25) is 0 Å². The number of ether oxygens (including phenoxy) is 2. The average Bonchev–Trinajstić information content (AvgIpc) is 3.00. The number of amides is 2. The molecule has 0 aliphatic heterocycles. The van der Waals surface area contributed by atoms with Gasteiger partial charge in [-0.05, 0) is 12.1 Å². The van der Waals surface area contributed by atoms with E-state index >= 15 is 0 Å². The number of hydrogen-bond acceptors (Lipinski definition) is 6. The second-order valence-corrected chi connectivity index (χ2v) is 5.04. The molecular weight excluding hydrogens is 326 g/mol. The Balaban J connectivity index is 1.93. The van der Waals surface area contributed by atoms with Gasteiger partial charge in [0, 0.05) is 25.9 Å². The van der Waals surface area contributed by atoms with Crippen molar-refractivity contribution in [3.63, 3.8) is 0 Å². The topological polar surface area (TPSA) is 120 Å². The summed E-state index contributed by atoms with van der Waals surface area (Å²) in [6.07, 6.45) is 1.04. The summed E-state index contributed by atoms with van der Waals surface area (Å²) >= 11 is 0. The molecule has 0 fully saturated rings. The molecule has 2 aromatic rings. The third-order valence-electron chi connectivity index (χ3n) is 3.09. The van der Waals surface area contributed by atoms with E-state index in [1.807, 2.05) is 0 Å². The lowest BCUT2D eigenvalue weighted by Gasteiger charge is -2.11. The Bertz CT molecular complexity index is 716. The van der Waals surface area contributed by atoms with Gasteiger partial charge in [0.15, 0.2) is 5.82 Å². The first-order chi connectivity index (χ1) is 12.1. The molecule has 25 heavy (non-hydrogen) atoms. The highest BCUT2D eigenvalue weighted by Crippen LogP contribution is 2.17. The Morgan fingerprint density at radius 1 is 1.16 bits per heavy atom. The number of hydrogen-bond donors (Lipinski definition) is 3. The maximum atomic E-state index is 12.4. The molecule has 0 aliphatic carbocycles. The van der Waals surface area contributed by atoms with Crippen LogP contribution in [0.1, 0.15) is 10.4 Å². The zero-order valence-corrected chi connectivity index (χ0v) is 13.9. The Labute approximate surface area is 145 Å². The largest absolute Gasteiger partial charge is 0.447 e. The lowest BCUT2D eigenvalue weighted by Crippen LogP contribution is -2.21. The predicted molar refractivity (Wildman–Crippen MR) is 92.4 cm³/mol. The van der Waals surface area contributed by atoms with Gasteiger partial charge >= 0.3 is 6.09 Å². The van der Waals surface area contributed by atoms with Gasteiger partial charge in [-0.3, -0.25) is 14.8 Å². The summed E-state index contributed by atoms with van der Waals surface area (Å²) in [7, 11) is 1.75. The van der Waals surface area contributed by atoms with E-state index in [1.54, 1.807) is 48.3 Å². The van der Waals surface area contributed by atoms with Gasteiger partial charge in [-0.1, -0.05) is 12.1 Å². The first-order valence-electron chi connectivity index (χ1n) is 7.72. The summed E-state index contributed by atoms with van der Waals surface area (Å²) in [5.41, 5.74) is 5.92. The minimum atomic E-state index is -0.672. The van der Waals surface area contributed by atoms with E-state index in [4.69, 9.17) is 15.2 Å². The summed E-state index contributed by atoms with van der Waals surface area (Å²) in [6.45, 7) is 1.16. The van der Waals surface area contributed by atoms with Crippen molar-refractivity contribution in [3.8, 4) is 0 Å². The minimum Gasteiger partial charge on any atom is -0.447 e. The summed E-state index contributed by atoms with van der Waals surface area (Å²) in [4.78, 5) is 24.2. The molecule has 1 aromatic heterocycles. The molecule has 0 radical (unpaired) electrons. The van der Waals surface area contributed by atoms with Crippen LogP contribution >= 0.6 is 0 Å². The van der Waals surface area contributed by atoms with Crippen molar-refractivity contribution < 1.29 is 19.1 Å². The molecule has 9 nitrogen and oxygen atoms in total. The first-order valence-corrected chi connectivity index (χ1v) is 7.72. The number of anilines is 2. The second kappa shape index (κ2) is 9.40. The summed E-state index contributed by atoms with van der Waals surface area (Å²) in [6, 6.07) is 8.28. The summed E-state index contributed by atoms with van der Waals surface area (Å²) in [5, 5.41) is 9.29. The molecule has 0 aliphatic rings. The fourth-order valence-electron chi connectivity index (χ4n) is 1.98. The van der Waals surface area contributed by atoms with E-state index in [1.165, 1.54) is 0 Å². The first kappa shape index (κ1) is 18.4. The highest BCUT2D eigenvalue weighted by Gasteiger charge is 2.14. The molecule has 2 rings (SSSR count). The maximum Gasteiger partial charge on any atom is 0.411 e. The molecule has 2 amide bonds. The minimum absolute atomic E-state index is 0.0914. The molecule has 0 saturated heterocycles. The number of benzene rings is 1. The molecule has 0 unspecified atom stereocenters. The highest BCUT2D eigenvalue weighted by atomic mass is 16.6. The fraction of sp³-hybridized carbons (Fsp3) is 0.312. The third-order valence-corrected chi connectivity index (χ3v) is 3.09. The molecular formula is C16H21N5O4. The molecule has 134 valence electrons. The van der Waals surface area contributed by atoms with Gasteiger partial charge in [-0.25, -0.2) is 4.79 Å². The number of nitrogens with zero attached hydrogens (tertiary/aromatic N) is 2. The molecule has 1 aromatic carbocycles. The van der Waals surface area contributed by atoms with E-state index in [2.05, 4.69) is 15.7 Å². The number of carbonyl (C=O) groups is 2. The van der Waals surface area contributed by atoms with Crippen molar-refractivity contribution in [1.29, 1.82) is 0 Å². The zero-order chi connectivity index (χ0) is 18.1. The van der Waals surface area contributed by atoms with Crippen LogP contribution in [0.4, 0.5) is 16.3 Å². The molecule has 1 heterocycles. The Morgan fingerprint density at radius 3 is 2.68 bits per heavy atom. The van der Waals surface area contributed by atoms with Crippen LogP contribution in [-0.4, -0.2) is 48.1 Å². The number of nitrogens with one attached hydrogen (secondary N) is 2. The van der Waals surface area contributed by atoms with Gasteiger partial charge in [0.25, 0.3) is 5.91 Å². The molecule has 0 spiro atoms. The van der Waals surface area contributed by atoms with E-state index in [0.29, 0.717) is 30.2 Å². The third kappa shape index (κ3) is 5.90. The number of para-hydroxylation sites is 1.